The third-order valence-electron chi connectivity index (χ3n) is 3.56. The topological polar surface area (TPSA) is 69.6 Å². The molecule has 1 aromatic rings. The largest absolute Gasteiger partial charge is 0.478 e. The number of hydrogen-bond acceptors (Lipinski definition) is 3. The molecule has 20 heavy (non-hydrogen) atoms. The second kappa shape index (κ2) is 6.52. The standard InChI is InChI=1S/C15H20N2O3/c1-2-4-13-14(18)16-7-8-17(13)10-11-5-3-6-12(9-11)15(19)20/h3,5-6,9,13H,2,4,7-8,10H2,1H3,(H,16,18)(H,19,20). The van der Waals surface area contributed by atoms with Crippen molar-refractivity contribution < 1.29 is 14.7 Å². The van der Waals surface area contributed by atoms with Crippen LogP contribution >= 0.6 is 0 Å². The first-order valence-electron chi connectivity index (χ1n) is 6.96. The molecule has 1 fully saturated rings. The maximum absolute atomic E-state index is 11.9. The van der Waals surface area contributed by atoms with E-state index in [4.69, 9.17) is 5.11 Å². The highest BCUT2D eigenvalue weighted by atomic mass is 16.4. The van der Waals surface area contributed by atoms with Gasteiger partial charge < -0.3 is 10.4 Å². The van der Waals surface area contributed by atoms with Crippen LogP contribution in [0.2, 0.25) is 0 Å². The molecule has 5 nitrogen and oxygen atoms in total. The molecule has 1 heterocycles. The van der Waals surface area contributed by atoms with Gasteiger partial charge in [0.1, 0.15) is 0 Å². The van der Waals surface area contributed by atoms with Gasteiger partial charge in [-0.25, -0.2) is 4.79 Å². The number of hydrogen-bond donors (Lipinski definition) is 2. The number of nitrogens with zero attached hydrogens (tertiary/aromatic N) is 1. The van der Waals surface area contributed by atoms with Gasteiger partial charge in [0.05, 0.1) is 11.6 Å². The number of aromatic carboxylic acids is 1. The fourth-order valence-corrected chi connectivity index (χ4v) is 2.58. The molecule has 0 radical (unpaired) electrons. The van der Waals surface area contributed by atoms with E-state index in [1.807, 2.05) is 6.07 Å². The van der Waals surface area contributed by atoms with E-state index in [1.165, 1.54) is 0 Å². The lowest BCUT2D eigenvalue weighted by atomic mass is 10.0. The minimum Gasteiger partial charge on any atom is -0.478 e. The zero-order chi connectivity index (χ0) is 14.5. The number of amides is 1. The minimum absolute atomic E-state index is 0.0764. The molecule has 1 unspecified atom stereocenters. The van der Waals surface area contributed by atoms with Crippen molar-refractivity contribution in [3.05, 3.63) is 35.4 Å². The zero-order valence-corrected chi connectivity index (χ0v) is 11.6. The Balaban J connectivity index is 2.12. The first-order chi connectivity index (χ1) is 9.61. The fraction of sp³-hybridized carbons (Fsp3) is 0.467. The molecule has 2 rings (SSSR count). The second-order valence-electron chi connectivity index (χ2n) is 5.07. The van der Waals surface area contributed by atoms with Crippen molar-refractivity contribution in [3.63, 3.8) is 0 Å². The maximum atomic E-state index is 11.9. The van der Waals surface area contributed by atoms with Crippen LogP contribution in [0.4, 0.5) is 0 Å². The van der Waals surface area contributed by atoms with Crippen LogP contribution in [-0.4, -0.2) is 41.0 Å². The van der Waals surface area contributed by atoms with E-state index in [0.29, 0.717) is 13.1 Å². The third kappa shape index (κ3) is 3.36. The van der Waals surface area contributed by atoms with E-state index in [0.717, 1.165) is 24.9 Å². The first kappa shape index (κ1) is 14.5. The summed E-state index contributed by atoms with van der Waals surface area (Å²) in [6.45, 7) is 4.12. The Morgan fingerprint density at radius 2 is 2.30 bits per heavy atom. The minimum atomic E-state index is -0.923. The molecular formula is C15H20N2O3. The van der Waals surface area contributed by atoms with Crippen LogP contribution in [0.5, 0.6) is 0 Å². The van der Waals surface area contributed by atoms with Crippen LogP contribution in [0.1, 0.15) is 35.7 Å². The van der Waals surface area contributed by atoms with Gasteiger partial charge in [0.25, 0.3) is 0 Å². The van der Waals surface area contributed by atoms with Crippen LogP contribution in [0.25, 0.3) is 0 Å². The lowest BCUT2D eigenvalue weighted by Crippen LogP contribution is -2.54. The van der Waals surface area contributed by atoms with Crippen molar-refractivity contribution in [3.8, 4) is 0 Å². The van der Waals surface area contributed by atoms with Crippen molar-refractivity contribution in [1.29, 1.82) is 0 Å². The van der Waals surface area contributed by atoms with Crippen LogP contribution < -0.4 is 5.32 Å². The Hall–Kier alpha value is -1.88. The van der Waals surface area contributed by atoms with Gasteiger partial charge in [-0.05, 0) is 24.1 Å². The quantitative estimate of drug-likeness (QED) is 0.854. The maximum Gasteiger partial charge on any atom is 0.335 e. The summed E-state index contributed by atoms with van der Waals surface area (Å²) >= 11 is 0. The van der Waals surface area contributed by atoms with Gasteiger partial charge in [0.2, 0.25) is 5.91 Å². The van der Waals surface area contributed by atoms with Gasteiger partial charge in [-0.15, -0.1) is 0 Å². The molecule has 1 aromatic carbocycles. The molecule has 108 valence electrons. The molecular weight excluding hydrogens is 256 g/mol. The smallest absolute Gasteiger partial charge is 0.335 e. The third-order valence-corrected chi connectivity index (χ3v) is 3.56. The predicted octanol–water partition coefficient (Wildman–Crippen LogP) is 1.49. The van der Waals surface area contributed by atoms with Crippen molar-refractivity contribution in [1.82, 2.24) is 10.2 Å². The van der Waals surface area contributed by atoms with Crippen molar-refractivity contribution >= 4 is 11.9 Å². The summed E-state index contributed by atoms with van der Waals surface area (Å²) in [4.78, 5) is 25.0. The van der Waals surface area contributed by atoms with Crippen LogP contribution in [0.15, 0.2) is 24.3 Å². The fourth-order valence-electron chi connectivity index (χ4n) is 2.58. The lowest BCUT2D eigenvalue weighted by Gasteiger charge is -2.35. The van der Waals surface area contributed by atoms with Gasteiger partial charge in [0, 0.05) is 19.6 Å². The van der Waals surface area contributed by atoms with Crippen molar-refractivity contribution in [2.45, 2.75) is 32.4 Å². The summed E-state index contributed by atoms with van der Waals surface area (Å²) in [6.07, 6.45) is 1.77. The van der Waals surface area contributed by atoms with Gasteiger partial charge >= 0.3 is 5.97 Å². The molecule has 1 amide bonds. The normalized spacial score (nSPS) is 19.6. The van der Waals surface area contributed by atoms with Crippen LogP contribution in [-0.2, 0) is 11.3 Å². The SMILES string of the molecule is CCCC1C(=O)NCCN1Cc1cccc(C(=O)O)c1. The number of carboxylic acids is 1. The Kier molecular flexibility index (Phi) is 4.74. The summed E-state index contributed by atoms with van der Waals surface area (Å²) in [5.41, 5.74) is 1.22. The highest BCUT2D eigenvalue weighted by Crippen LogP contribution is 2.16. The highest BCUT2D eigenvalue weighted by Gasteiger charge is 2.28. The Labute approximate surface area is 118 Å². The zero-order valence-electron chi connectivity index (χ0n) is 11.6. The van der Waals surface area contributed by atoms with Gasteiger partial charge in [-0.1, -0.05) is 25.5 Å². The second-order valence-corrected chi connectivity index (χ2v) is 5.07. The molecule has 0 aromatic heterocycles. The predicted molar refractivity (Wildman–Crippen MR) is 75.5 cm³/mol. The summed E-state index contributed by atoms with van der Waals surface area (Å²) < 4.78 is 0. The summed E-state index contributed by atoms with van der Waals surface area (Å²) in [6, 6.07) is 6.80. The van der Waals surface area contributed by atoms with E-state index in [1.54, 1.807) is 18.2 Å². The number of carbonyl (C=O) groups is 2. The molecule has 2 N–H and O–H groups in total. The summed E-state index contributed by atoms with van der Waals surface area (Å²) in [7, 11) is 0. The number of nitrogens with one attached hydrogen (secondary N) is 1. The van der Waals surface area contributed by atoms with E-state index in [9.17, 15) is 9.59 Å². The van der Waals surface area contributed by atoms with E-state index in [-0.39, 0.29) is 17.5 Å². The lowest BCUT2D eigenvalue weighted by molar-refractivity contribution is -0.129. The number of benzene rings is 1. The average molecular weight is 276 g/mol. The van der Waals surface area contributed by atoms with E-state index < -0.39 is 5.97 Å². The molecule has 1 saturated heterocycles. The van der Waals surface area contributed by atoms with Gasteiger partial charge in [0.15, 0.2) is 0 Å². The molecule has 0 bridgehead atoms. The van der Waals surface area contributed by atoms with Gasteiger partial charge in [-0.2, -0.15) is 0 Å². The number of piperazine rings is 1. The first-order valence-corrected chi connectivity index (χ1v) is 6.96. The Morgan fingerprint density at radius 3 is 3.00 bits per heavy atom. The molecule has 0 saturated carbocycles. The number of carboxylic acid groups (broad SMARTS) is 1. The Bertz CT molecular complexity index is 502. The average Bonchev–Trinajstić information content (AvgIpc) is 2.43. The summed E-state index contributed by atoms with van der Waals surface area (Å²) in [5.74, 6) is -0.846. The van der Waals surface area contributed by atoms with Crippen LogP contribution in [0, 0.1) is 0 Å². The van der Waals surface area contributed by atoms with Crippen LogP contribution in [0.3, 0.4) is 0 Å². The Morgan fingerprint density at radius 1 is 1.50 bits per heavy atom. The molecule has 1 aliphatic heterocycles. The van der Waals surface area contributed by atoms with Crippen molar-refractivity contribution in [2.24, 2.45) is 0 Å². The highest BCUT2D eigenvalue weighted by molar-refractivity contribution is 5.87. The van der Waals surface area contributed by atoms with E-state index in [2.05, 4.69) is 17.1 Å². The monoisotopic (exact) mass is 276 g/mol. The number of carbonyl (C=O) groups excluding carboxylic acids is 1. The molecule has 5 heteroatoms. The molecule has 1 atom stereocenters. The molecule has 0 spiro atoms. The summed E-state index contributed by atoms with van der Waals surface area (Å²) in [5, 5.41) is 11.9. The van der Waals surface area contributed by atoms with Gasteiger partial charge in [-0.3, -0.25) is 9.69 Å². The molecule has 1 aliphatic rings. The van der Waals surface area contributed by atoms with Crippen molar-refractivity contribution in [2.75, 3.05) is 13.1 Å². The molecule has 0 aliphatic carbocycles. The van der Waals surface area contributed by atoms with E-state index >= 15 is 0 Å². The number of rotatable bonds is 5.